The van der Waals surface area contributed by atoms with Crippen LogP contribution in [0.1, 0.15) is 6.92 Å². The van der Waals surface area contributed by atoms with Crippen molar-refractivity contribution in [2.45, 2.75) is 11.9 Å². The van der Waals surface area contributed by atoms with Crippen molar-refractivity contribution in [1.29, 1.82) is 0 Å². The molecule has 0 spiro atoms. The van der Waals surface area contributed by atoms with E-state index in [0.29, 0.717) is 5.57 Å². The number of rotatable bonds is 0. The molecule has 1 rings (SSSR count). The number of alkyl halides is 1. The van der Waals surface area contributed by atoms with Crippen molar-refractivity contribution in [1.82, 2.24) is 0 Å². The molecule has 0 aliphatic carbocycles. The van der Waals surface area contributed by atoms with Crippen LogP contribution in [0.4, 0.5) is 0 Å². The molecule has 0 unspecified atom stereocenters. The van der Waals surface area contributed by atoms with Crippen LogP contribution < -0.4 is 0 Å². The maximum atomic E-state index is 10.5. The van der Waals surface area contributed by atoms with Crippen LogP contribution in [0.25, 0.3) is 0 Å². The van der Waals surface area contributed by atoms with Gasteiger partial charge in [0.1, 0.15) is 0 Å². The molecule has 1 heterocycles. The highest BCUT2D eigenvalue weighted by Crippen LogP contribution is 2.16. The molecule has 8 heavy (non-hydrogen) atoms. The summed E-state index contributed by atoms with van der Waals surface area (Å²) in [5.41, 5.74) is 0.673. The van der Waals surface area contributed by atoms with Gasteiger partial charge in [0, 0.05) is 5.57 Å². The van der Waals surface area contributed by atoms with Gasteiger partial charge in [0.25, 0.3) is 0 Å². The van der Waals surface area contributed by atoms with Gasteiger partial charge in [0.15, 0.2) is 5.01 Å². The average molecular weight is 177 g/mol. The molecule has 0 radical (unpaired) electrons. The molecule has 0 fully saturated rings. The number of ether oxygens (including phenoxy) is 1. The summed E-state index contributed by atoms with van der Waals surface area (Å²) in [6, 6.07) is 0. The molecule has 1 aliphatic heterocycles. The summed E-state index contributed by atoms with van der Waals surface area (Å²) in [6.07, 6.45) is 1.72. The SMILES string of the molecule is CC1=C[C@H](Br)OC1=O. The van der Waals surface area contributed by atoms with Crippen LogP contribution in [-0.4, -0.2) is 11.0 Å². The Morgan fingerprint density at radius 3 is 2.62 bits per heavy atom. The monoisotopic (exact) mass is 176 g/mol. The quantitative estimate of drug-likeness (QED) is 0.410. The fourth-order valence-corrected chi connectivity index (χ4v) is 1.06. The minimum absolute atomic E-state index is 0.199. The fraction of sp³-hybridized carbons (Fsp3) is 0.400. The molecular weight excluding hydrogens is 172 g/mol. The summed E-state index contributed by atoms with van der Waals surface area (Å²) >= 11 is 3.10. The molecule has 0 N–H and O–H groups in total. The van der Waals surface area contributed by atoms with E-state index in [-0.39, 0.29) is 11.0 Å². The number of cyclic esters (lactones) is 1. The summed E-state index contributed by atoms with van der Waals surface area (Å²) < 4.78 is 4.66. The Bertz CT molecular complexity index is 151. The van der Waals surface area contributed by atoms with Crippen LogP contribution in [0.15, 0.2) is 11.6 Å². The third-order valence-corrected chi connectivity index (χ3v) is 1.37. The lowest BCUT2D eigenvalue weighted by Crippen LogP contribution is -1.99. The van der Waals surface area contributed by atoms with Gasteiger partial charge in [-0.1, -0.05) is 0 Å². The maximum Gasteiger partial charge on any atom is 0.335 e. The molecule has 0 saturated carbocycles. The number of halogens is 1. The second-order valence-corrected chi connectivity index (χ2v) is 2.51. The van der Waals surface area contributed by atoms with Gasteiger partial charge in [-0.05, 0) is 28.9 Å². The Morgan fingerprint density at radius 2 is 2.50 bits per heavy atom. The number of hydrogen-bond acceptors (Lipinski definition) is 2. The summed E-state index contributed by atoms with van der Waals surface area (Å²) in [4.78, 5) is 10.5. The first-order valence-electron chi connectivity index (χ1n) is 2.23. The molecule has 1 atom stereocenters. The lowest BCUT2D eigenvalue weighted by atomic mass is 10.3. The van der Waals surface area contributed by atoms with Crippen molar-refractivity contribution >= 4 is 21.9 Å². The van der Waals surface area contributed by atoms with Crippen molar-refractivity contribution in [2.24, 2.45) is 0 Å². The average Bonchev–Trinajstić information content (AvgIpc) is 1.85. The van der Waals surface area contributed by atoms with Gasteiger partial charge in [-0.2, -0.15) is 0 Å². The van der Waals surface area contributed by atoms with Gasteiger partial charge in [-0.25, -0.2) is 4.79 Å². The van der Waals surface area contributed by atoms with Crippen LogP contribution >= 0.6 is 15.9 Å². The minimum atomic E-state index is -0.230. The largest absolute Gasteiger partial charge is 0.443 e. The number of hydrogen-bond donors (Lipinski definition) is 0. The summed E-state index contributed by atoms with van der Waals surface area (Å²) in [5.74, 6) is -0.230. The fourth-order valence-electron chi connectivity index (χ4n) is 0.494. The van der Waals surface area contributed by atoms with Crippen LogP contribution in [0.5, 0.6) is 0 Å². The summed E-state index contributed by atoms with van der Waals surface area (Å²) in [7, 11) is 0. The first-order valence-corrected chi connectivity index (χ1v) is 3.15. The standard InChI is InChI=1S/C5H5BrO2/c1-3-2-4(6)8-5(3)7/h2,4H,1H3/t4-/m1/s1. The summed E-state index contributed by atoms with van der Waals surface area (Å²) in [5, 5.41) is -0.199. The smallest absolute Gasteiger partial charge is 0.335 e. The molecular formula is C5H5BrO2. The molecule has 1 aliphatic rings. The first-order chi connectivity index (χ1) is 3.70. The lowest BCUT2D eigenvalue weighted by Gasteiger charge is -1.94. The lowest BCUT2D eigenvalue weighted by molar-refractivity contribution is -0.136. The van der Waals surface area contributed by atoms with Gasteiger partial charge in [0.2, 0.25) is 0 Å². The van der Waals surface area contributed by atoms with Gasteiger partial charge in [-0.15, -0.1) is 0 Å². The third-order valence-electron chi connectivity index (χ3n) is 0.923. The number of esters is 1. The van der Waals surface area contributed by atoms with Crippen molar-refractivity contribution in [3.8, 4) is 0 Å². The Labute approximate surface area is 55.6 Å². The van der Waals surface area contributed by atoms with E-state index >= 15 is 0 Å². The highest BCUT2D eigenvalue weighted by molar-refractivity contribution is 9.09. The maximum absolute atomic E-state index is 10.5. The van der Waals surface area contributed by atoms with Crippen LogP contribution in [0, 0.1) is 0 Å². The van der Waals surface area contributed by atoms with Crippen LogP contribution in [0.3, 0.4) is 0 Å². The van der Waals surface area contributed by atoms with Gasteiger partial charge in [0.05, 0.1) is 0 Å². The number of carbonyl (C=O) groups is 1. The van der Waals surface area contributed by atoms with E-state index < -0.39 is 0 Å². The molecule has 0 saturated heterocycles. The highest BCUT2D eigenvalue weighted by Gasteiger charge is 2.18. The molecule has 0 aromatic heterocycles. The van der Waals surface area contributed by atoms with Crippen LogP contribution in [0.2, 0.25) is 0 Å². The van der Waals surface area contributed by atoms with E-state index in [1.807, 2.05) is 0 Å². The van der Waals surface area contributed by atoms with Crippen molar-refractivity contribution in [3.63, 3.8) is 0 Å². The zero-order valence-electron chi connectivity index (χ0n) is 4.35. The van der Waals surface area contributed by atoms with E-state index in [0.717, 1.165) is 0 Å². The van der Waals surface area contributed by atoms with E-state index in [1.54, 1.807) is 13.0 Å². The molecule has 0 amide bonds. The Balaban J connectivity index is 2.73. The Kier molecular flexibility index (Phi) is 1.38. The van der Waals surface area contributed by atoms with Gasteiger partial charge in [-0.3, -0.25) is 0 Å². The molecule has 0 aromatic rings. The van der Waals surface area contributed by atoms with Crippen molar-refractivity contribution < 1.29 is 9.53 Å². The van der Waals surface area contributed by atoms with E-state index in [1.165, 1.54) is 0 Å². The third kappa shape index (κ3) is 0.916. The van der Waals surface area contributed by atoms with Crippen molar-refractivity contribution in [2.75, 3.05) is 0 Å². The second-order valence-electron chi connectivity index (χ2n) is 1.61. The predicted octanol–water partition coefficient (Wildman–Crippen LogP) is 1.21. The number of carbonyl (C=O) groups excluding carboxylic acids is 1. The Hall–Kier alpha value is -0.310. The zero-order chi connectivity index (χ0) is 6.15. The molecule has 3 heteroatoms. The molecule has 44 valence electrons. The van der Waals surface area contributed by atoms with Crippen LogP contribution in [-0.2, 0) is 9.53 Å². The topological polar surface area (TPSA) is 26.3 Å². The van der Waals surface area contributed by atoms with Gasteiger partial charge >= 0.3 is 5.97 Å². The van der Waals surface area contributed by atoms with E-state index in [2.05, 4.69) is 20.7 Å². The predicted molar refractivity (Wildman–Crippen MR) is 32.6 cm³/mol. The highest BCUT2D eigenvalue weighted by atomic mass is 79.9. The van der Waals surface area contributed by atoms with Crippen molar-refractivity contribution in [3.05, 3.63) is 11.6 Å². The molecule has 0 aromatic carbocycles. The van der Waals surface area contributed by atoms with E-state index in [9.17, 15) is 4.79 Å². The van der Waals surface area contributed by atoms with Gasteiger partial charge < -0.3 is 4.74 Å². The second kappa shape index (κ2) is 1.90. The molecule has 2 nitrogen and oxygen atoms in total. The molecule has 0 bridgehead atoms. The summed E-state index contributed by atoms with van der Waals surface area (Å²) in [6.45, 7) is 1.73. The van der Waals surface area contributed by atoms with E-state index in [4.69, 9.17) is 0 Å². The zero-order valence-corrected chi connectivity index (χ0v) is 5.94. The Morgan fingerprint density at radius 1 is 1.88 bits per heavy atom. The normalized spacial score (nSPS) is 27.5. The first kappa shape index (κ1) is 5.82. The minimum Gasteiger partial charge on any atom is -0.443 e.